The molecule has 128 valence electrons. The Balaban J connectivity index is 1.44. The highest BCUT2D eigenvalue weighted by Crippen LogP contribution is 2.35. The van der Waals surface area contributed by atoms with Crippen LogP contribution in [0.5, 0.6) is 0 Å². The molecule has 1 aliphatic carbocycles. The number of anilines is 1. The van der Waals surface area contributed by atoms with E-state index in [4.69, 9.17) is 0 Å². The van der Waals surface area contributed by atoms with E-state index in [1.165, 1.54) is 0 Å². The number of carbonyl (C=O) groups is 1. The van der Waals surface area contributed by atoms with Crippen LogP contribution in [0.3, 0.4) is 0 Å². The SMILES string of the molecule is C[C@@H](NC(=O)Nc1cn[nH]c1-c1ccccc1)c1nnnn1C1CC1. The topological polar surface area (TPSA) is 113 Å². The first-order valence-corrected chi connectivity index (χ1v) is 8.16. The van der Waals surface area contributed by atoms with Gasteiger partial charge in [0.25, 0.3) is 0 Å². The first-order valence-electron chi connectivity index (χ1n) is 8.16. The molecule has 2 heterocycles. The summed E-state index contributed by atoms with van der Waals surface area (Å²) in [7, 11) is 0. The monoisotopic (exact) mass is 338 g/mol. The van der Waals surface area contributed by atoms with Crippen LogP contribution in [0.25, 0.3) is 11.3 Å². The molecule has 9 nitrogen and oxygen atoms in total. The Bertz CT molecular complexity index is 867. The van der Waals surface area contributed by atoms with Crippen LogP contribution in [0, 0.1) is 0 Å². The summed E-state index contributed by atoms with van der Waals surface area (Å²) < 4.78 is 1.79. The molecule has 2 aromatic heterocycles. The zero-order chi connectivity index (χ0) is 17.2. The predicted octanol–water partition coefficient (Wildman–Crippen LogP) is 2.28. The van der Waals surface area contributed by atoms with Crippen molar-refractivity contribution in [3.63, 3.8) is 0 Å². The van der Waals surface area contributed by atoms with E-state index in [0.29, 0.717) is 17.6 Å². The molecule has 3 aromatic rings. The zero-order valence-corrected chi connectivity index (χ0v) is 13.7. The molecule has 0 spiro atoms. The molecule has 0 unspecified atom stereocenters. The van der Waals surface area contributed by atoms with Gasteiger partial charge in [0.2, 0.25) is 0 Å². The fourth-order valence-corrected chi connectivity index (χ4v) is 2.69. The van der Waals surface area contributed by atoms with E-state index in [2.05, 4.69) is 36.4 Å². The molecular formula is C16H18N8O. The van der Waals surface area contributed by atoms with Gasteiger partial charge in [-0.1, -0.05) is 30.3 Å². The number of nitrogens with one attached hydrogen (secondary N) is 3. The summed E-state index contributed by atoms with van der Waals surface area (Å²) in [4.78, 5) is 12.4. The maximum atomic E-state index is 12.4. The van der Waals surface area contributed by atoms with Crippen LogP contribution in [0.2, 0.25) is 0 Å². The minimum Gasteiger partial charge on any atom is -0.328 e. The maximum absolute atomic E-state index is 12.4. The van der Waals surface area contributed by atoms with Crippen molar-refractivity contribution in [1.82, 2.24) is 35.7 Å². The number of aromatic nitrogens is 6. The van der Waals surface area contributed by atoms with Crippen LogP contribution in [0.1, 0.15) is 37.7 Å². The van der Waals surface area contributed by atoms with Crippen LogP contribution < -0.4 is 10.6 Å². The molecule has 4 rings (SSSR count). The molecular weight excluding hydrogens is 320 g/mol. The van der Waals surface area contributed by atoms with Crippen molar-refractivity contribution < 1.29 is 4.79 Å². The number of hydrogen-bond donors (Lipinski definition) is 3. The zero-order valence-electron chi connectivity index (χ0n) is 13.7. The quantitative estimate of drug-likeness (QED) is 0.660. The number of hydrogen-bond acceptors (Lipinski definition) is 5. The summed E-state index contributed by atoms with van der Waals surface area (Å²) in [5, 5.41) is 24.4. The second kappa shape index (κ2) is 6.34. The molecule has 1 aliphatic rings. The second-order valence-corrected chi connectivity index (χ2v) is 6.06. The van der Waals surface area contributed by atoms with Gasteiger partial charge in [-0.15, -0.1) is 5.10 Å². The Hall–Kier alpha value is -3.23. The third-order valence-corrected chi connectivity index (χ3v) is 4.10. The summed E-state index contributed by atoms with van der Waals surface area (Å²) in [6.07, 6.45) is 3.74. The summed E-state index contributed by atoms with van der Waals surface area (Å²) in [6.45, 7) is 1.86. The van der Waals surface area contributed by atoms with Crippen LogP contribution in [0.15, 0.2) is 36.5 Å². The molecule has 1 aromatic carbocycles. The van der Waals surface area contributed by atoms with Crippen molar-refractivity contribution in [3.05, 3.63) is 42.4 Å². The van der Waals surface area contributed by atoms with E-state index in [1.807, 2.05) is 37.3 Å². The van der Waals surface area contributed by atoms with Gasteiger partial charge in [0, 0.05) is 5.56 Å². The number of H-pyrrole nitrogens is 1. The molecule has 0 radical (unpaired) electrons. The number of tetrazole rings is 1. The third-order valence-electron chi connectivity index (χ3n) is 4.10. The van der Waals surface area contributed by atoms with Gasteiger partial charge < -0.3 is 10.6 Å². The first kappa shape index (κ1) is 15.3. The Morgan fingerprint density at radius 3 is 2.88 bits per heavy atom. The highest BCUT2D eigenvalue weighted by atomic mass is 16.2. The fraction of sp³-hybridized carbons (Fsp3) is 0.312. The third kappa shape index (κ3) is 3.21. The molecule has 1 atom stereocenters. The number of nitrogens with zero attached hydrogens (tertiary/aromatic N) is 5. The molecule has 9 heteroatoms. The number of benzene rings is 1. The highest BCUT2D eigenvalue weighted by molar-refractivity contribution is 5.93. The van der Waals surface area contributed by atoms with Gasteiger partial charge in [-0.05, 0) is 30.2 Å². The van der Waals surface area contributed by atoms with E-state index in [0.717, 1.165) is 24.1 Å². The van der Waals surface area contributed by atoms with E-state index in [9.17, 15) is 4.79 Å². The average molecular weight is 338 g/mol. The Morgan fingerprint density at radius 1 is 1.32 bits per heavy atom. The Morgan fingerprint density at radius 2 is 2.12 bits per heavy atom. The molecule has 1 fully saturated rings. The Labute approximate surface area is 143 Å². The van der Waals surface area contributed by atoms with Crippen molar-refractivity contribution in [1.29, 1.82) is 0 Å². The van der Waals surface area contributed by atoms with Crippen LogP contribution >= 0.6 is 0 Å². The van der Waals surface area contributed by atoms with Gasteiger partial charge in [-0.3, -0.25) is 5.10 Å². The lowest BCUT2D eigenvalue weighted by Gasteiger charge is -2.14. The standard InChI is InChI=1S/C16H18N8O/c1-10(15-21-22-23-24(15)12-7-8-12)18-16(25)19-13-9-17-20-14(13)11-5-3-2-4-6-11/h2-6,9-10,12H,7-8H2,1H3,(H,17,20)(H2,18,19,25)/t10-/m1/s1. The van der Waals surface area contributed by atoms with Gasteiger partial charge in [0.15, 0.2) is 5.82 Å². The lowest BCUT2D eigenvalue weighted by atomic mass is 10.1. The minimum absolute atomic E-state index is 0.303. The Kier molecular flexibility index (Phi) is 3.88. The maximum Gasteiger partial charge on any atom is 0.319 e. The van der Waals surface area contributed by atoms with Gasteiger partial charge >= 0.3 is 6.03 Å². The van der Waals surface area contributed by atoms with Crippen molar-refractivity contribution >= 4 is 11.7 Å². The molecule has 25 heavy (non-hydrogen) atoms. The lowest BCUT2D eigenvalue weighted by molar-refractivity contribution is 0.248. The smallest absolute Gasteiger partial charge is 0.319 e. The van der Waals surface area contributed by atoms with Crippen LogP contribution in [0.4, 0.5) is 10.5 Å². The largest absolute Gasteiger partial charge is 0.328 e. The van der Waals surface area contributed by atoms with Crippen LogP contribution in [-0.4, -0.2) is 36.4 Å². The van der Waals surface area contributed by atoms with Crippen LogP contribution in [-0.2, 0) is 0 Å². The summed E-state index contributed by atoms with van der Waals surface area (Å²) in [5.41, 5.74) is 2.31. The van der Waals surface area contributed by atoms with E-state index in [1.54, 1.807) is 10.9 Å². The molecule has 0 saturated heterocycles. The predicted molar refractivity (Wildman–Crippen MR) is 90.7 cm³/mol. The number of amides is 2. The number of rotatable bonds is 5. The van der Waals surface area contributed by atoms with Gasteiger partial charge in [0.05, 0.1) is 29.7 Å². The number of carbonyl (C=O) groups excluding carboxylic acids is 1. The highest BCUT2D eigenvalue weighted by Gasteiger charge is 2.30. The molecule has 0 aliphatic heterocycles. The normalized spacial score (nSPS) is 14.9. The summed E-state index contributed by atoms with van der Waals surface area (Å²) in [5.74, 6) is 0.660. The van der Waals surface area contributed by atoms with Crippen molar-refractivity contribution in [2.24, 2.45) is 0 Å². The lowest BCUT2D eigenvalue weighted by Crippen LogP contribution is -2.32. The molecule has 0 bridgehead atoms. The average Bonchev–Trinajstić information content (AvgIpc) is 3.16. The van der Waals surface area contributed by atoms with E-state index in [-0.39, 0.29) is 12.1 Å². The van der Waals surface area contributed by atoms with Crippen molar-refractivity contribution in [2.45, 2.75) is 31.8 Å². The molecule has 3 N–H and O–H groups in total. The van der Waals surface area contributed by atoms with Gasteiger partial charge in [0.1, 0.15) is 0 Å². The molecule has 1 saturated carbocycles. The fourth-order valence-electron chi connectivity index (χ4n) is 2.69. The first-order chi connectivity index (χ1) is 12.2. The van der Waals surface area contributed by atoms with Gasteiger partial charge in [-0.2, -0.15) is 5.10 Å². The number of aromatic amines is 1. The number of urea groups is 1. The summed E-state index contributed by atoms with van der Waals surface area (Å²) in [6, 6.07) is 9.41. The summed E-state index contributed by atoms with van der Waals surface area (Å²) >= 11 is 0. The minimum atomic E-state index is -0.337. The van der Waals surface area contributed by atoms with Crippen molar-refractivity contribution in [3.8, 4) is 11.3 Å². The van der Waals surface area contributed by atoms with Crippen molar-refractivity contribution in [2.75, 3.05) is 5.32 Å². The second-order valence-electron chi connectivity index (χ2n) is 6.06. The van der Waals surface area contributed by atoms with E-state index < -0.39 is 0 Å². The van der Waals surface area contributed by atoms with Gasteiger partial charge in [-0.25, -0.2) is 9.48 Å². The van der Waals surface area contributed by atoms with E-state index >= 15 is 0 Å². The molecule has 2 amide bonds.